The van der Waals surface area contributed by atoms with E-state index in [9.17, 15) is 9.59 Å². The molecular formula is C22H23N5O3. The van der Waals surface area contributed by atoms with Crippen LogP contribution in [-0.2, 0) is 0 Å². The molecule has 154 valence electrons. The molecule has 8 nitrogen and oxygen atoms in total. The summed E-state index contributed by atoms with van der Waals surface area (Å²) in [6.07, 6.45) is 4.16. The quantitative estimate of drug-likeness (QED) is 0.660. The highest BCUT2D eigenvalue weighted by Gasteiger charge is 2.25. The molecule has 0 unspecified atom stereocenters. The molecule has 8 heteroatoms. The van der Waals surface area contributed by atoms with Gasteiger partial charge in [-0.2, -0.15) is 4.98 Å². The second kappa shape index (κ2) is 7.78. The molecule has 1 aromatic carbocycles. The van der Waals surface area contributed by atoms with Gasteiger partial charge in [-0.1, -0.05) is 12.1 Å². The molecule has 4 heterocycles. The van der Waals surface area contributed by atoms with E-state index in [1.807, 2.05) is 6.07 Å². The lowest BCUT2D eigenvalue weighted by molar-refractivity contribution is 0.0715. The maximum Gasteiger partial charge on any atom is 0.289 e. The number of anilines is 2. The molecule has 0 aliphatic carbocycles. The largest absolute Gasteiger partial charge is 0.451 e. The third-order valence-electron chi connectivity index (χ3n) is 5.75. The fourth-order valence-electron chi connectivity index (χ4n) is 4.09. The first-order chi connectivity index (χ1) is 14.7. The SMILES string of the molecule is O=C(c1cc(=O)c2ccccc2o1)N1CCN(c2ccnc(N3CCCC3)n2)CC1. The highest BCUT2D eigenvalue weighted by molar-refractivity contribution is 5.93. The summed E-state index contributed by atoms with van der Waals surface area (Å²) in [4.78, 5) is 40.5. The van der Waals surface area contributed by atoms with Gasteiger partial charge in [0.25, 0.3) is 5.91 Å². The van der Waals surface area contributed by atoms with Crippen LogP contribution in [0.25, 0.3) is 11.0 Å². The maximum atomic E-state index is 12.9. The molecule has 0 atom stereocenters. The Morgan fingerprint density at radius 1 is 0.933 bits per heavy atom. The Balaban J connectivity index is 1.29. The highest BCUT2D eigenvalue weighted by atomic mass is 16.3. The van der Waals surface area contributed by atoms with E-state index in [4.69, 9.17) is 9.40 Å². The highest BCUT2D eigenvalue weighted by Crippen LogP contribution is 2.21. The number of piperazine rings is 1. The molecule has 0 spiro atoms. The Hall–Kier alpha value is -3.42. The van der Waals surface area contributed by atoms with Gasteiger partial charge in [0.15, 0.2) is 11.2 Å². The summed E-state index contributed by atoms with van der Waals surface area (Å²) in [6, 6.07) is 10.2. The van der Waals surface area contributed by atoms with Crippen molar-refractivity contribution in [3.05, 3.63) is 58.6 Å². The normalized spacial score (nSPS) is 17.0. The van der Waals surface area contributed by atoms with Crippen LogP contribution in [0.15, 0.2) is 51.8 Å². The molecule has 0 saturated carbocycles. The molecule has 0 N–H and O–H groups in total. The van der Waals surface area contributed by atoms with Crippen LogP contribution in [0.1, 0.15) is 23.4 Å². The summed E-state index contributed by atoms with van der Waals surface area (Å²) < 4.78 is 5.71. The summed E-state index contributed by atoms with van der Waals surface area (Å²) in [5.74, 6) is 1.50. The van der Waals surface area contributed by atoms with Crippen LogP contribution >= 0.6 is 0 Å². The van der Waals surface area contributed by atoms with Gasteiger partial charge >= 0.3 is 0 Å². The minimum absolute atomic E-state index is 0.0884. The zero-order chi connectivity index (χ0) is 20.5. The van der Waals surface area contributed by atoms with E-state index in [1.165, 1.54) is 18.9 Å². The van der Waals surface area contributed by atoms with Crippen LogP contribution in [-0.4, -0.2) is 60.0 Å². The van der Waals surface area contributed by atoms with Crippen LogP contribution in [0.5, 0.6) is 0 Å². The van der Waals surface area contributed by atoms with Gasteiger partial charge in [-0.15, -0.1) is 0 Å². The molecule has 0 bridgehead atoms. The van der Waals surface area contributed by atoms with Crippen molar-refractivity contribution in [1.82, 2.24) is 14.9 Å². The maximum absolute atomic E-state index is 12.9. The number of rotatable bonds is 3. The van der Waals surface area contributed by atoms with Crippen LogP contribution in [0.3, 0.4) is 0 Å². The van der Waals surface area contributed by atoms with Crippen molar-refractivity contribution in [2.45, 2.75) is 12.8 Å². The number of carbonyl (C=O) groups excluding carboxylic acids is 1. The molecule has 2 saturated heterocycles. The van der Waals surface area contributed by atoms with Crippen molar-refractivity contribution in [1.29, 1.82) is 0 Å². The zero-order valence-electron chi connectivity index (χ0n) is 16.7. The van der Waals surface area contributed by atoms with Gasteiger partial charge in [-0.05, 0) is 31.0 Å². The molecule has 2 aliphatic rings. The smallest absolute Gasteiger partial charge is 0.289 e. The van der Waals surface area contributed by atoms with Crippen molar-refractivity contribution >= 4 is 28.6 Å². The van der Waals surface area contributed by atoms with Crippen molar-refractivity contribution in [3.8, 4) is 0 Å². The molecule has 2 aromatic heterocycles. The Morgan fingerprint density at radius 3 is 2.50 bits per heavy atom. The molecule has 5 rings (SSSR count). The predicted octanol–water partition coefficient (Wildman–Crippen LogP) is 2.15. The lowest BCUT2D eigenvalue weighted by Gasteiger charge is -2.35. The standard InChI is InChI=1S/C22H23N5O3/c28-17-15-19(30-18-6-2-1-5-16(17)18)21(29)26-13-11-25(12-14-26)20-7-8-23-22(24-20)27-9-3-4-10-27/h1-2,5-8,15H,3-4,9-14H2. The van der Waals surface area contributed by atoms with Gasteiger partial charge in [0.2, 0.25) is 5.95 Å². The van der Waals surface area contributed by atoms with Crippen LogP contribution in [0.4, 0.5) is 11.8 Å². The second-order valence-corrected chi connectivity index (χ2v) is 7.66. The van der Waals surface area contributed by atoms with E-state index in [2.05, 4.69) is 14.8 Å². The average molecular weight is 405 g/mol. The number of fused-ring (bicyclic) bond motifs is 1. The van der Waals surface area contributed by atoms with Crippen molar-refractivity contribution in [2.24, 2.45) is 0 Å². The number of hydrogen-bond acceptors (Lipinski definition) is 7. The fraction of sp³-hybridized carbons (Fsp3) is 0.364. The Kier molecular flexibility index (Phi) is 4.82. The van der Waals surface area contributed by atoms with E-state index >= 15 is 0 Å². The van der Waals surface area contributed by atoms with Crippen molar-refractivity contribution < 1.29 is 9.21 Å². The second-order valence-electron chi connectivity index (χ2n) is 7.66. The van der Waals surface area contributed by atoms with E-state index in [0.717, 1.165) is 24.9 Å². The lowest BCUT2D eigenvalue weighted by atomic mass is 10.2. The van der Waals surface area contributed by atoms with Crippen LogP contribution < -0.4 is 15.2 Å². The number of nitrogens with zero attached hydrogens (tertiary/aromatic N) is 5. The lowest BCUT2D eigenvalue weighted by Crippen LogP contribution is -2.49. The number of hydrogen-bond donors (Lipinski definition) is 0. The van der Waals surface area contributed by atoms with E-state index < -0.39 is 0 Å². The van der Waals surface area contributed by atoms with Gasteiger partial charge in [-0.3, -0.25) is 9.59 Å². The van der Waals surface area contributed by atoms with E-state index in [-0.39, 0.29) is 17.1 Å². The molecule has 2 fully saturated rings. The Morgan fingerprint density at radius 2 is 1.70 bits per heavy atom. The summed E-state index contributed by atoms with van der Waals surface area (Å²) in [5.41, 5.74) is 0.233. The number of aromatic nitrogens is 2. The first-order valence-corrected chi connectivity index (χ1v) is 10.3. The van der Waals surface area contributed by atoms with Gasteiger partial charge in [0.05, 0.1) is 5.39 Å². The topological polar surface area (TPSA) is 82.8 Å². The Labute approximate surface area is 173 Å². The number of carbonyl (C=O) groups is 1. The minimum Gasteiger partial charge on any atom is -0.451 e. The summed E-state index contributed by atoms with van der Waals surface area (Å²) in [6.45, 7) is 4.42. The third-order valence-corrected chi connectivity index (χ3v) is 5.75. The van der Waals surface area contributed by atoms with Gasteiger partial charge < -0.3 is 19.1 Å². The molecule has 1 amide bonds. The van der Waals surface area contributed by atoms with Gasteiger partial charge in [-0.25, -0.2) is 4.98 Å². The number of amides is 1. The molecule has 2 aliphatic heterocycles. The molecule has 0 radical (unpaired) electrons. The molecular weight excluding hydrogens is 382 g/mol. The first-order valence-electron chi connectivity index (χ1n) is 10.3. The van der Waals surface area contributed by atoms with Crippen LogP contribution in [0, 0.1) is 0 Å². The predicted molar refractivity (Wildman–Crippen MR) is 114 cm³/mol. The summed E-state index contributed by atoms with van der Waals surface area (Å²) in [5, 5.41) is 0.483. The number of benzene rings is 1. The summed E-state index contributed by atoms with van der Waals surface area (Å²) >= 11 is 0. The van der Waals surface area contributed by atoms with E-state index in [0.29, 0.717) is 37.1 Å². The monoisotopic (exact) mass is 405 g/mol. The first kappa shape index (κ1) is 18.6. The van der Waals surface area contributed by atoms with Crippen molar-refractivity contribution in [2.75, 3.05) is 49.1 Å². The number of para-hydroxylation sites is 1. The fourth-order valence-corrected chi connectivity index (χ4v) is 4.09. The molecule has 3 aromatic rings. The molecule has 30 heavy (non-hydrogen) atoms. The zero-order valence-corrected chi connectivity index (χ0v) is 16.7. The van der Waals surface area contributed by atoms with Gasteiger partial charge in [0.1, 0.15) is 11.4 Å². The van der Waals surface area contributed by atoms with Crippen LogP contribution in [0.2, 0.25) is 0 Å². The van der Waals surface area contributed by atoms with Crippen molar-refractivity contribution in [3.63, 3.8) is 0 Å². The minimum atomic E-state index is -0.252. The third kappa shape index (κ3) is 3.49. The average Bonchev–Trinajstić information content (AvgIpc) is 3.34. The summed E-state index contributed by atoms with van der Waals surface area (Å²) in [7, 11) is 0. The van der Waals surface area contributed by atoms with E-state index in [1.54, 1.807) is 35.4 Å². The Bertz CT molecular complexity index is 1130. The van der Waals surface area contributed by atoms with Gasteiger partial charge in [0, 0.05) is 51.5 Å².